The Morgan fingerprint density at radius 2 is 1.90 bits per heavy atom. The number of thiazole rings is 1. The number of benzene rings is 2. The zero-order valence-electron chi connectivity index (χ0n) is 27.4. The number of amides is 2. The van der Waals surface area contributed by atoms with E-state index in [4.69, 9.17) is 0 Å². The Bertz CT molecular complexity index is 1810. The first-order valence-corrected chi connectivity index (χ1v) is 19.0. The van der Waals surface area contributed by atoms with Crippen molar-refractivity contribution >= 4 is 38.7 Å². The van der Waals surface area contributed by atoms with Gasteiger partial charge in [0, 0.05) is 72.1 Å². The van der Waals surface area contributed by atoms with Crippen LogP contribution < -0.4 is 16.0 Å². The lowest BCUT2D eigenvalue weighted by atomic mass is 10.00. The number of hydrogen-bond donors (Lipinski definition) is 4. The SMILES string of the molecule is CCn1cc(CNC[C@@H](O)[C@H](Cc2ccccc2)NC(=O)c2cc(NCS(C)(=O)=O)cc(C(=O)N3CCC[C@@H]3c3nc(C)cs3)c2)cn1. The van der Waals surface area contributed by atoms with E-state index in [2.05, 4.69) is 26.0 Å². The molecule has 2 amide bonds. The van der Waals surface area contributed by atoms with Crippen LogP contribution in [0.2, 0.25) is 0 Å². The average Bonchev–Trinajstić information content (AvgIpc) is 3.84. The summed E-state index contributed by atoms with van der Waals surface area (Å²) in [6, 6.07) is 13.4. The van der Waals surface area contributed by atoms with Gasteiger partial charge in [0.1, 0.15) is 10.9 Å². The van der Waals surface area contributed by atoms with E-state index < -0.39 is 27.9 Å². The molecule has 0 aliphatic carbocycles. The number of aliphatic hydroxyl groups excluding tert-OH is 1. The van der Waals surface area contributed by atoms with Crippen molar-refractivity contribution in [2.75, 3.05) is 30.5 Å². The number of nitrogens with one attached hydrogen (secondary N) is 3. The Morgan fingerprint density at radius 3 is 2.58 bits per heavy atom. The van der Waals surface area contributed by atoms with Gasteiger partial charge in [0.2, 0.25) is 0 Å². The molecule has 48 heavy (non-hydrogen) atoms. The van der Waals surface area contributed by atoms with Gasteiger partial charge in [-0.1, -0.05) is 30.3 Å². The molecule has 12 nitrogen and oxygen atoms in total. The summed E-state index contributed by atoms with van der Waals surface area (Å²) in [4.78, 5) is 34.2. The molecule has 2 aromatic carbocycles. The van der Waals surface area contributed by atoms with Gasteiger partial charge in [-0.3, -0.25) is 14.3 Å². The molecule has 0 radical (unpaired) electrons. The van der Waals surface area contributed by atoms with E-state index in [1.54, 1.807) is 17.2 Å². The van der Waals surface area contributed by atoms with Crippen LogP contribution in [-0.2, 0) is 29.3 Å². The molecule has 3 atom stereocenters. The summed E-state index contributed by atoms with van der Waals surface area (Å²) >= 11 is 1.52. The van der Waals surface area contributed by atoms with Crippen molar-refractivity contribution in [3.63, 3.8) is 0 Å². The van der Waals surface area contributed by atoms with Gasteiger partial charge in [-0.2, -0.15) is 5.10 Å². The molecule has 4 aromatic rings. The fourth-order valence-corrected chi connectivity index (χ4v) is 7.11. The molecule has 0 spiro atoms. The van der Waals surface area contributed by atoms with Gasteiger partial charge in [0.15, 0.2) is 9.84 Å². The smallest absolute Gasteiger partial charge is 0.254 e. The third-order valence-corrected chi connectivity index (χ3v) is 9.92. The number of sulfone groups is 1. The van der Waals surface area contributed by atoms with Gasteiger partial charge in [-0.05, 0) is 56.9 Å². The maximum atomic E-state index is 14.0. The maximum absolute atomic E-state index is 14.0. The van der Waals surface area contributed by atoms with Crippen LogP contribution in [0.5, 0.6) is 0 Å². The number of carbonyl (C=O) groups excluding carboxylic acids is 2. The van der Waals surface area contributed by atoms with E-state index in [1.165, 1.54) is 23.5 Å². The number of aromatic nitrogens is 3. The highest BCUT2D eigenvalue weighted by Crippen LogP contribution is 2.35. The molecule has 0 bridgehead atoms. The van der Waals surface area contributed by atoms with Crippen LogP contribution in [0.15, 0.2) is 66.3 Å². The lowest BCUT2D eigenvalue weighted by molar-refractivity contribution is 0.0735. The van der Waals surface area contributed by atoms with Crippen LogP contribution in [0.4, 0.5) is 5.69 Å². The van der Waals surface area contributed by atoms with Crippen LogP contribution in [0, 0.1) is 6.92 Å². The van der Waals surface area contributed by atoms with Gasteiger partial charge >= 0.3 is 0 Å². The van der Waals surface area contributed by atoms with Crippen molar-refractivity contribution in [1.29, 1.82) is 0 Å². The predicted molar refractivity (Wildman–Crippen MR) is 187 cm³/mol. The number of nitrogens with zero attached hydrogens (tertiary/aromatic N) is 4. The molecule has 1 saturated heterocycles. The van der Waals surface area contributed by atoms with E-state index in [1.807, 2.05) is 60.4 Å². The summed E-state index contributed by atoms with van der Waals surface area (Å²) in [7, 11) is -3.40. The van der Waals surface area contributed by atoms with Crippen molar-refractivity contribution in [2.24, 2.45) is 0 Å². The topological polar surface area (TPSA) is 159 Å². The van der Waals surface area contributed by atoms with Crippen molar-refractivity contribution < 1.29 is 23.1 Å². The molecule has 0 saturated carbocycles. The van der Waals surface area contributed by atoms with E-state index in [0.717, 1.165) is 47.5 Å². The fraction of sp³-hybridized carbons (Fsp3) is 0.412. The fourth-order valence-electron chi connectivity index (χ4n) is 5.74. The van der Waals surface area contributed by atoms with Gasteiger partial charge in [0.05, 0.1) is 24.4 Å². The summed E-state index contributed by atoms with van der Waals surface area (Å²) < 4.78 is 25.8. The monoisotopic (exact) mass is 693 g/mol. The van der Waals surface area contributed by atoms with Crippen molar-refractivity contribution in [1.82, 2.24) is 30.3 Å². The second-order valence-corrected chi connectivity index (χ2v) is 15.2. The third kappa shape index (κ3) is 9.49. The van der Waals surface area contributed by atoms with E-state index in [0.29, 0.717) is 25.2 Å². The number of aliphatic hydroxyl groups is 1. The van der Waals surface area contributed by atoms with E-state index in [9.17, 15) is 23.1 Å². The highest BCUT2D eigenvalue weighted by Gasteiger charge is 2.33. The Morgan fingerprint density at radius 1 is 1.12 bits per heavy atom. The molecular formula is C34H43N7O5S2. The first-order valence-electron chi connectivity index (χ1n) is 16.0. The standard InChI is InChI=1S/C34H43N7O5S2/c1-4-40-20-25(18-37-40)17-35-19-31(42)29(13-24-9-6-5-7-10-24)39-32(43)26-14-27(16-28(15-26)36-22-48(3,45)46)34(44)41-12-8-11-30(41)33-38-23(2)21-47-33/h5-7,9-10,14-16,18,20-21,29-31,35-36,42H,4,8,11-13,17,19,22H2,1-3H3,(H,39,43)/t29-,30+,31+/m0/s1. The average molecular weight is 694 g/mol. The highest BCUT2D eigenvalue weighted by molar-refractivity contribution is 7.90. The van der Waals surface area contributed by atoms with Gasteiger partial charge < -0.3 is 26.0 Å². The van der Waals surface area contributed by atoms with E-state index >= 15 is 0 Å². The summed E-state index contributed by atoms with van der Waals surface area (Å²) in [5.41, 5.74) is 3.56. The number of hydrogen-bond acceptors (Lipinski definition) is 10. The third-order valence-electron chi connectivity index (χ3n) is 8.19. The Hall–Kier alpha value is -4.11. The van der Waals surface area contributed by atoms with Crippen LogP contribution in [0.1, 0.15) is 68.4 Å². The van der Waals surface area contributed by atoms with Crippen molar-refractivity contribution in [3.8, 4) is 0 Å². The second kappa shape index (κ2) is 15.9. The molecule has 3 heterocycles. The number of carbonyl (C=O) groups is 2. The Kier molecular flexibility index (Phi) is 11.6. The van der Waals surface area contributed by atoms with Crippen LogP contribution >= 0.6 is 11.3 Å². The van der Waals surface area contributed by atoms with Crippen LogP contribution in [0.25, 0.3) is 0 Å². The molecule has 2 aromatic heterocycles. The van der Waals surface area contributed by atoms with Crippen LogP contribution in [0.3, 0.4) is 0 Å². The molecule has 256 valence electrons. The first kappa shape index (κ1) is 35.2. The Balaban J connectivity index is 1.38. The van der Waals surface area contributed by atoms with Gasteiger partial charge in [-0.25, -0.2) is 13.4 Å². The maximum Gasteiger partial charge on any atom is 0.254 e. The molecule has 0 unspecified atom stereocenters. The summed E-state index contributed by atoms with van der Waals surface area (Å²) in [5.74, 6) is -1.13. The Labute approximate surface area is 285 Å². The molecule has 4 N–H and O–H groups in total. The molecule has 1 fully saturated rings. The van der Waals surface area contributed by atoms with Crippen molar-refractivity contribution in [3.05, 3.63) is 99.3 Å². The normalized spacial score (nSPS) is 16.1. The second-order valence-electron chi connectivity index (χ2n) is 12.2. The quantitative estimate of drug-likeness (QED) is 0.146. The first-order chi connectivity index (χ1) is 23.0. The number of likely N-dealkylation sites (tertiary alicyclic amines) is 1. The zero-order chi connectivity index (χ0) is 34.3. The minimum absolute atomic E-state index is 0.169. The summed E-state index contributed by atoms with van der Waals surface area (Å²) in [6.07, 6.45) is 5.84. The minimum atomic E-state index is -3.40. The predicted octanol–water partition coefficient (Wildman–Crippen LogP) is 3.55. The molecule has 5 rings (SSSR count). The lowest BCUT2D eigenvalue weighted by Gasteiger charge is -2.26. The van der Waals surface area contributed by atoms with Crippen molar-refractivity contribution in [2.45, 2.75) is 64.4 Å². The van der Waals surface area contributed by atoms with Gasteiger partial charge in [-0.15, -0.1) is 11.3 Å². The van der Waals surface area contributed by atoms with Gasteiger partial charge in [0.25, 0.3) is 11.8 Å². The number of aryl methyl sites for hydroxylation is 2. The highest BCUT2D eigenvalue weighted by atomic mass is 32.2. The summed E-state index contributed by atoms with van der Waals surface area (Å²) in [5, 5.41) is 27.5. The zero-order valence-corrected chi connectivity index (χ0v) is 29.1. The minimum Gasteiger partial charge on any atom is -0.390 e. The molecule has 1 aliphatic rings. The molecular weight excluding hydrogens is 651 g/mol. The lowest BCUT2D eigenvalue weighted by Crippen LogP contribution is -2.48. The van der Waals surface area contributed by atoms with Crippen LogP contribution in [-0.4, -0.2) is 82.4 Å². The van der Waals surface area contributed by atoms with E-state index in [-0.39, 0.29) is 35.5 Å². The summed E-state index contributed by atoms with van der Waals surface area (Å²) in [6.45, 7) is 5.94. The number of rotatable bonds is 15. The number of anilines is 1. The largest absolute Gasteiger partial charge is 0.390 e. The molecule has 14 heteroatoms. The molecule has 1 aliphatic heterocycles.